The Labute approximate surface area is 151 Å². The Morgan fingerprint density at radius 1 is 1.24 bits per heavy atom. The monoisotopic (exact) mass is 348 g/mol. The lowest BCUT2D eigenvalue weighted by molar-refractivity contribution is -0.144. The largest absolute Gasteiger partial charge is 0.497 e. The van der Waals surface area contributed by atoms with Crippen LogP contribution in [0.3, 0.4) is 0 Å². The summed E-state index contributed by atoms with van der Waals surface area (Å²) in [4.78, 5) is 17.3. The standard InChI is InChI=1S/C20H32N2O3/c1-14(2)19(22-11-15(3)25-16(4)12-22)20(23)21(5)13-17-7-9-18(24-6)10-8-17/h7-10,14-16,19H,11-13H2,1-6H3. The smallest absolute Gasteiger partial charge is 0.240 e. The van der Waals surface area contributed by atoms with E-state index in [1.165, 1.54) is 0 Å². The van der Waals surface area contributed by atoms with E-state index in [0.717, 1.165) is 24.4 Å². The molecule has 3 unspecified atom stereocenters. The zero-order valence-corrected chi connectivity index (χ0v) is 16.4. The second kappa shape index (κ2) is 8.68. The van der Waals surface area contributed by atoms with Crippen molar-refractivity contribution in [2.75, 3.05) is 27.2 Å². The minimum absolute atomic E-state index is 0.114. The topological polar surface area (TPSA) is 42.0 Å². The molecule has 1 aliphatic rings. The van der Waals surface area contributed by atoms with E-state index < -0.39 is 0 Å². The lowest BCUT2D eigenvalue weighted by atomic mass is 9.99. The Morgan fingerprint density at radius 3 is 2.28 bits per heavy atom. The second-order valence-corrected chi connectivity index (χ2v) is 7.44. The van der Waals surface area contributed by atoms with Crippen LogP contribution in [0.15, 0.2) is 24.3 Å². The summed E-state index contributed by atoms with van der Waals surface area (Å²) in [5.74, 6) is 1.25. The normalized spacial score (nSPS) is 22.7. The Kier molecular flexibility index (Phi) is 6.85. The highest BCUT2D eigenvalue weighted by atomic mass is 16.5. The van der Waals surface area contributed by atoms with Gasteiger partial charge < -0.3 is 14.4 Å². The van der Waals surface area contributed by atoms with Crippen molar-refractivity contribution in [1.29, 1.82) is 0 Å². The van der Waals surface area contributed by atoms with Gasteiger partial charge in [0.15, 0.2) is 0 Å². The van der Waals surface area contributed by atoms with Crippen molar-refractivity contribution in [2.45, 2.75) is 52.5 Å². The van der Waals surface area contributed by atoms with E-state index in [4.69, 9.17) is 9.47 Å². The minimum Gasteiger partial charge on any atom is -0.497 e. The molecule has 0 N–H and O–H groups in total. The van der Waals surface area contributed by atoms with E-state index in [-0.39, 0.29) is 30.1 Å². The summed E-state index contributed by atoms with van der Waals surface area (Å²) in [6.07, 6.45) is 0.314. The van der Waals surface area contributed by atoms with Gasteiger partial charge in [-0.3, -0.25) is 9.69 Å². The quantitative estimate of drug-likeness (QED) is 0.793. The Bertz CT molecular complexity index is 549. The molecule has 1 amide bonds. The van der Waals surface area contributed by atoms with Crippen molar-refractivity contribution < 1.29 is 14.3 Å². The lowest BCUT2D eigenvalue weighted by Gasteiger charge is -2.42. The Balaban J connectivity index is 2.07. The van der Waals surface area contributed by atoms with Crippen molar-refractivity contribution in [1.82, 2.24) is 9.80 Å². The molecule has 0 radical (unpaired) electrons. The maximum atomic E-state index is 13.1. The molecule has 1 fully saturated rings. The molecule has 2 rings (SSSR count). The SMILES string of the molecule is COc1ccc(CN(C)C(=O)C(C(C)C)N2CC(C)OC(C)C2)cc1. The molecule has 0 saturated carbocycles. The molecule has 1 aliphatic heterocycles. The number of amides is 1. The van der Waals surface area contributed by atoms with Crippen LogP contribution in [0.4, 0.5) is 0 Å². The fraction of sp³-hybridized carbons (Fsp3) is 0.650. The lowest BCUT2D eigenvalue weighted by Crippen LogP contribution is -2.57. The van der Waals surface area contributed by atoms with Gasteiger partial charge in [-0.1, -0.05) is 26.0 Å². The third-order valence-electron chi connectivity index (χ3n) is 4.68. The maximum absolute atomic E-state index is 13.1. The first-order chi connectivity index (χ1) is 11.8. The van der Waals surface area contributed by atoms with Gasteiger partial charge in [0, 0.05) is 26.7 Å². The number of methoxy groups -OCH3 is 1. The third-order valence-corrected chi connectivity index (χ3v) is 4.68. The predicted octanol–water partition coefficient (Wildman–Crippen LogP) is 2.79. The molecular weight excluding hydrogens is 316 g/mol. The number of carbonyl (C=O) groups is 1. The number of rotatable bonds is 6. The molecule has 0 bridgehead atoms. The number of hydrogen-bond acceptors (Lipinski definition) is 4. The van der Waals surface area contributed by atoms with Crippen molar-refractivity contribution in [3.05, 3.63) is 29.8 Å². The van der Waals surface area contributed by atoms with Crippen LogP contribution in [-0.2, 0) is 16.1 Å². The van der Waals surface area contributed by atoms with Crippen LogP contribution in [0.25, 0.3) is 0 Å². The summed E-state index contributed by atoms with van der Waals surface area (Å²) in [5.41, 5.74) is 1.10. The number of carbonyl (C=O) groups excluding carboxylic acids is 1. The third kappa shape index (κ3) is 5.19. The Morgan fingerprint density at radius 2 is 1.80 bits per heavy atom. The molecule has 1 aromatic rings. The fourth-order valence-corrected chi connectivity index (χ4v) is 3.62. The molecule has 0 aliphatic carbocycles. The zero-order valence-electron chi connectivity index (χ0n) is 16.4. The van der Waals surface area contributed by atoms with Gasteiger partial charge in [0.25, 0.3) is 0 Å². The number of hydrogen-bond donors (Lipinski definition) is 0. The molecule has 0 spiro atoms. The van der Waals surface area contributed by atoms with Crippen LogP contribution >= 0.6 is 0 Å². The summed E-state index contributed by atoms with van der Waals surface area (Å²) in [6, 6.07) is 7.76. The second-order valence-electron chi connectivity index (χ2n) is 7.44. The first kappa shape index (κ1) is 19.7. The van der Waals surface area contributed by atoms with E-state index in [1.54, 1.807) is 7.11 Å². The predicted molar refractivity (Wildman–Crippen MR) is 99.7 cm³/mol. The van der Waals surface area contributed by atoms with Crippen molar-refractivity contribution in [3.63, 3.8) is 0 Å². The average Bonchev–Trinajstić information content (AvgIpc) is 2.54. The molecule has 0 aromatic heterocycles. The van der Waals surface area contributed by atoms with Crippen molar-refractivity contribution >= 4 is 5.91 Å². The van der Waals surface area contributed by atoms with Gasteiger partial charge in [0.05, 0.1) is 25.4 Å². The van der Waals surface area contributed by atoms with Crippen LogP contribution in [0, 0.1) is 5.92 Å². The van der Waals surface area contributed by atoms with Crippen LogP contribution in [-0.4, -0.2) is 61.2 Å². The van der Waals surface area contributed by atoms with Crippen LogP contribution in [0.5, 0.6) is 5.75 Å². The zero-order chi connectivity index (χ0) is 18.6. The first-order valence-electron chi connectivity index (χ1n) is 9.09. The first-order valence-corrected chi connectivity index (χ1v) is 9.09. The van der Waals surface area contributed by atoms with Crippen molar-refractivity contribution in [2.24, 2.45) is 5.92 Å². The number of benzene rings is 1. The molecule has 5 nitrogen and oxygen atoms in total. The molecule has 1 aromatic carbocycles. The molecule has 1 heterocycles. The summed E-state index contributed by atoms with van der Waals surface area (Å²) < 4.78 is 11.0. The molecule has 140 valence electrons. The van der Waals surface area contributed by atoms with Gasteiger partial charge in [-0.15, -0.1) is 0 Å². The van der Waals surface area contributed by atoms with Crippen molar-refractivity contribution in [3.8, 4) is 5.75 Å². The average molecular weight is 348 g/mol. The van der Waals surface area contributed by atoms with Gasteiger partial charge in [-0.25, -0.2) is 0 Å². The van der Waals surface area contributed by atoms with Gasteiger partial charge in [-0.05, 0) is 37.5 Å². The highest BCUT2D eigenvalue weighted by Crippen LogP contribution is 2.21. The highest BCUT2D eigenvalue weighted by molar-refractivity contribution is 5.82. The van der Waals surface area contributed by atoms with Crippen LogP contribution in [0.2, 0.25) is 0 Å². The maximum Gasteiger partial charge on any atom is 0.240 e. The van der Waals surface area contributed by atoms with Crippen LogP contribution in [0.1, 0.15) is 33.3 Å². The van der Waals surface area contributed by atoms with Gasteiger partial charge in [-0.2, -0.15) is 0 Å². The molecular formula is C20H32N2O3. The van der Waals surface area contributed by atoms with E-state index >= 15 is 0 Å². The molecule has 25 heavy (non-hydrogen) atoms. The summed E-state index contributed by atoms with van der Waals surface area (Å²) in [5, 5.41) is 0. The van der Waals surface area contributed by atoms with E-state index in [2.05, 4.69) is 32.6 Å². The van der Waals surface area contributed by atoms with Gasteiger partial charge in [0.2, 0.25) is 5.91 Å². The number of morpholine rings is 1. The van der Waals surface area contributed by atoms with Gasteiger partial charge >= 0.3 is 0 Å². The number of likely N-dealkylation sites (N-methyl/N-ethyl adjacent to an activating group) is 1. The van der Waals surface area contributed by atoms with E-state index in [0.29, 0.717) is 6.54 Å². The van der Waals surface area contributed by atoms with E-state index in [9.17, 15) is 4.79 Å². The number of nitrogens with zero attached hydrogens (tertiary/aromatic N) is 2. The Hall–Kier alpha value is -1.59. The molecule has 3 atom stereocenters. The molecule has 1 saturated heterocycles. The molecule has 5 heteroatoms. The minimum atomic E-state index is -0.114. The summed E-state index contributed by atoms with van der Waals surface area (Å²) in [7, 11) is 3.54. The van der Waals surface area contributed by atoms with Crippen LogP contribution < -0.4 is 4.74 Å². The number of ether oxygens (including phenoxy) is 2. The highest BCUT2D eigenvalue weighted by Gasteiger charge is 2.35. The van der Waals surface area contributed by atoms with Gasteiger partial charge in [0.1, 0.15) is 5.75 Å². The summed E-state index contributed by atoms with van der Waals surface area (Å²) >= 11 is 0. The van der Waals surface area contributed by atoms with E-state index in [1.807, 2.05) is 36.2 Å². The fourth-order valence-electron chi connectivity index (χ4n) is 3.62. The summed E-state index contributed by atoms with van der Waals surface area (Å²) in [6.45, 7) is 10.6.